The molecule has 0 spiro atoms. The summed E-state index contributed by atoms with van der Waals surface area (Å²) in [6, 6.07) is -0.0692. The maximum atomic E-state index is 13.9. The van der Waals surface area contributed by atoms with Crippen LogP contribution >= 0.6 is 0 Å². The number of alkyl halides is 1. The number of aryl methyl sites for hydroxylation is 1. The number of carbonyl (C=O) groups is 1. The number of hydrogen-bond donors (Lipinski definition) is 1. The molecule has 138 valence electrons. The molecule has 8 heteroatoms. The zero-order chi connectivity index (χ0) is 17.8. The summed E-state index contributed by atoms with van der Waals surface area (Å²) in [5, 5.41) is 6.90. The zero-order valence-electron chi connectivity index (χ0n) is 14.8. The van der Waals surface area contributed by atoms with E-state index in [2.05, 4.69) is 21.5 Å². The molecule has 1 saturated heterocycles. The number of hydrogen-bond acceptors (Lipinski definition) is 5. The van der Waals surface area contributed by atoms with Gasteiger partial charge in [-0.3, -0.25) is 4.90 Å². The first-order valence-electron chi connectivity index (χ1n) is 8.87. The second-order valence-corrected chi connectivity index (χ2v) is 6.94. The van der Waals surface area contributed by atoms with Gasteiger partial charge in [0, 0.05) is 39.1 Å². The minimum Gasteiger partial charge on any atom is -0.340 e. The van der Waals surface area contributed by atoms with Crippen molar-refractivity contribution in [2.45, 2.75) is 57.4 Å². The number of urea groups is 1. The van der Waals surface area contributed by atoms with Crippen LogP contribution in [0, 0.1) is 6.92 Å². The van der Waals surface area contributed by atoms with E-state index in [0.717, 1.165) is 19.3 Å². The van der Waals surface area contributed by atoms with Crippen LogP contribution in [0.4, 0.5) is 9.18 Å². The average Bonchev–Trinajstić information content (AvgIpc) is 3.14. The van der Waals surface area contributed by atoms with Crippen LogP contribution < -0.4 is 5.32 Å². The van der Waals surface area contributed by atoms with E-state index in [1.54, 1.807) is 18.9 Å². The summed E-state index contributed by atoms with van der Waals surface area (Å²) in [6.45, 7) is 2.97. The molecule has 0 aromatic carbocycles. The molecule has 3 atom stereocenters. The second kappa shape index (κ2) is 7.95. The third-order valence-electron chi connectivity index (χ3n) is 4.79. The summed E-state index contributed by atoms with van der Waals surface area (Å²) >= 11 is 0. The molecule has 1 aliphatic heterocycles. The number of nitrogens with zero attached hydrogens (tertiary/aromatic N) is 4. The van der Waals surface area contributed by atoms with Gasteiger partial charge in [0.25, 0.3) is 0 Å². The fraction of sp³-hybridized carbons (Fsp3) is 0.706. The van der Waals surface area contributed by atoms with Crippen LogP contribution in [-0.4, -0.2) is 64.4 Å². The van der Waals surface area contributed by atoms with Gasteiger partial charge in [-0.05, 0) is 25.7 Å². The number of halogens is 1. The molecule has 2 aliphatic rings. The van der Waals surface area contributed by atoms with E-state index in [1.165, 1.54) is 0 Å². The summed E-state index contributed by atoms with van der Waals surface area (Å²) < 4.78 is 18.9. The molecule has 25 heavy (non-hydrogen) atoms. The highest BCUT2D eigenvalue weighted by Crippen LogP contribution is 2.23. The normalized spacial score (nSPS) is 26.8. The van der Waals surface area contributed by atoms with E-state index in [-0.39, 0.29) is 18.1 Å². The van der Waals surface area contributed by atoms with E-state index in [9.17, 15) is 9.18 Å². The van der Waals surface area contributed by atoms with Crippen LogP contribution in [0.15, 0.2) is 16.7 Å². The van der Waals surface area contributed by atoms with Crippen molar-refractivity contribution in [2.24, 2.45) is 0 Å². The fourth-order valence-corrected chi connectivity index (χ4v) is 3.49. The van der Waals surface area contributed by atoms with Crippen molar-refractivity contribution in [1.29, 1.82) is 0 Å². The summed E-state index contributed by atoms with van der Waals surface area (Å²) in [5.74, 6) is 1.05. The molecular weight excluding hydrogens is 325 g/mol. The molecule has 1 N–H and O–H groups in total. The van der Waals surface area contributed by atoms with Gasteiger partial charge < -0.3 is 14.7 Å². The first-order chi connectivity index (χ1) is 12.0. The molecule has 1 aliphatic carbocycles. The lowest BCUT2D eigenvalue weighted by Crippen LogP contribution is -2.47. The van der Waals surface area contributed by atoms with Crippen LogP contribution in [-0.2, 0) is 6.54 Å². The lowest BCUT2D eigenvalue weighted by molar-refractivity contribution is 0.170. The van der Waals surface area contributed by atoms with Crippen molar-refractivity contribution in [1.82, 2.24) is 25.3 Å². The predicted molar refractivity (Wildman–Crippen MR) is 90.7 cm³/mol. The molecule has 0 unspecified atom stereocenters. The highest BCUT2D eigenvalue weighted by atomic mass is 19.1. The quantitative estimate of drug-likeness (QED) is 0.822. The van der Waals surface area contributed by atoms with E-state index in [1.807, 2.05) is 11.0 Å². The number of rotatable bonds is 5. The Bertz CT molecular complexity index is 620. The smallest absolute Gasteiger partial charge is 0.317 e. The standard InChI is InChI=1S/C17H26FN5O2/c1-12-19-16(21-25-12)11-23-9-13(18)8-15(23)10-22(2)17(24)20-14-6-4-3-5-7-14/h4,6,13-15H,3,5,7-11H2,1-2H3,(H,20,24)/t13-,14+,15-/m0/s1. The number of carbonyl (C=O) groups excluding carboxylic acids is 1. The molecule has 0 radical (unpaired) electrons. The summed E-state index contributed by atoms with van der Waals surface area (Å²) in [7, 11) is 1.75. The molecular formula is C17H26FN5O2. The fourth-order valence-electron chi connectivity index (χ4n) is 3.49. The molecule has 0 bridgehead atoms. The molecule has 2 amide bonds. The highest BCUT2D eigenvalue weighted by Gasteiger charge is 2.34. The van der Waals surface area contributed by atoms with Gasteiger partial charge in [0.1, 0.15) is 6.17 Å². The van der Waals surface area contributed by atoms with Gasteiger partial charge in [0.2, 0.25) is 5.89 Å². The number of likely N-dealkylation sites (N-methyl/N-ethyl adjacent to an activating group) is 1. The Morgan fingerprint density at radius 1 is 1.56 bits per heavy atom. The molecule has 1 aromatic heterocycles. The van der Waals surface area contributed by atoms with Crippen molar-refractivity contribution in [3.63, 3.8) is 0 Å². The van der Waals surface area contributed by atoms with Crippen LogP contribution in [0.5, 0.6) is 0 Å². The first kappa shape index (κ1) is 17.8. The van der Waals surface area contributed by atoms with Gasteiger partial charge in [0.15, 0.2) is 5.82 Å². The Labute approximate surface area is 147 Å². The zero-order valence-corrected chi connectivity index (χ0v) is 14.8. The number of amides is 2. The SMILES string of the molecule is Cc1nc(CN2C[C@@H](F)C[C@H]2CN(C)C(=O)N[C@@H]2C=CCCC2)no1. The molecule has 7 nitrogen and oxygen atoms in total. The average molecular weight is 351 g/mol. The minimum absolute atomic E-state index is 0.0496. The van der Waals surface area contributed by atoms with Gasteiger partial charge >= 0.3 is 6.03 Å². The largest absolute Gasteiger partial charge is 0.340 e. The summed E-state index contributed by atoms with van der Waals surface area (Å²) in [4.78, 5) is 20.2. The lowest BCUT2D eigenvalue weighted by atomic mass is 10.0. The van der Waals surface area contributed by atoms with Crippen molar-refractivity contribution in [3.05, 3.63) is 23.9 Å². The Hall–Kier alpha value is -1.96. The maximum absolute atomic E-state index is 13.9. The Morgan fingerprint density at radius 2 is 2.40 bits per heavy atom. The number of allylic oxidation sites excluding steroid dienone is 1. The van der Waals surface area contributed by atoms with Crippen LogP contribution in [0.1, 0.15) is 37.4 Å². The van der Waals surface area contributed by atoms with Crippen molar-refractivity contribution in [2.75, 3.05) is 20.1 Å². The monoisotopic (exact) mass is 351 g/mol. The van der Waals surface area contributed by atoms with Crippen molar-refractivity contribution < 1.29 is 13.7 Å². The number of likely N-dealkylation sites (tertiary alicyclic amines) is 1. The molecule has 1 fully saturated rings. The minimum atomic E-state index is -0.893. The highest BCUT2D eigenvalue weighted by molar-refractivity contribution is 5.74. The van der Waals surface area contributed by atoms with Gasteiger partial charge in [-0.15, -0.1) is 0 Å². The second-order valence-electron chi connectivity index (χ2n) is 6.94. The Kier molecular flexibility index (Phi) is 5.67. The van der Waals surface area contributed by atoms with Crippen molar-refractivity contribution >= 4 is 6.03 Å². The van der Waals surface area contributed by atoms with E-state index >= 15 is 0 Å². The first-order valence-corrected chi connectivity index (χ1v) is 8.87. The van der Waals surface area contributed by atoms with E-state index < -0.39 is 6.17 Å². The number of nitrogens with one attached hydrogen (secondary N) is 1. The lowest BCUT2D eigenvalue weighted by Gasteiger charge is -2.29. The third kappa shape index (κ3) is 4.78. The van der Waals surface area contributed by atoms with Gasteiger partial charge in [-0.1, -0.05) is 17.3 Å². The van der Waals surface area contributed by atoms with Crippen LogP contribution in [0.3, 0.4) is 0 Å². The summed E-state index contributed by atoms with van der Waals surface area (Å²) in [5.41, 5.74) is 0. The molecule has 1 aromatic rings. The van der Waals surface area contributed by atoms with Gasteiger partial charge in [-0.2, -0.15) is 4.98 Å². The number of aromatic nitrogens is 2. The Balaban J connectivity index is 1.54. The van der Waals surface area contributed by atoms with Gasteiger partial charge in [0.05, 0.1) is 6.54 Å². The van der Waals surface area contributed by atoms with Crippen molar-refractivity contribution in [3.8, 4) is 0 Å². The van der Waals surface area contributed by atoms with Crippen LogP contribution in [0.2, 0.25) is 0 Å². The third-order valence-corrected chi connectivity index (χ3v) is 4.79. The Morgan fingerprint density at radius 3 is 3.08 bits per heavy atom. The topological polar surface area (TPSA) is 74.5 Å². The van der Waals surface area contributed by atoms with E-state index in [4.69, 9.17) is 4.52 Å². The van der Waals surface area contributed by atoms with Crippen LogP contribution in [0.25, 0.3) is 0 Å². The molecule has 2 heterocycles. The van der Waals surface area contributed by atoms with E-state index in [0.29, 0.717) is 37.8 Å². The maximum Gasteiger partial charge on any atom is 0.317 e. The predicted octanol–water partition coefficient (Wildman–Crippen LogP) is 2.04. The molecule has 3 rings (SSSR count). The van der Waals surface area contributed by atoms with Gasteiger partial charge in [-0.25, -0.2) is 9.18 Å². The molecule has 0 saturated carbocycles. The summed E-state index contributed by atoms with van der Waals surface area (Å²) in [6.07, 6.45) is 6.81.